The van der Waals surface area contributed by atoms with E-state index in [1.165, 1.54) is 17.8 Å². The number of furan rings is 1. The molecular weight excluding hydrogens is 356 g/mol. The van der Waals surface area contributed by atoms with Crippen LogP contribution in [0.2, 0.25) is 0 Å². The Bertz CT molecular complexity index is 1000. The number of nitrogens with zero attached hydrogens (tertiary/aromatic N) is 1. The smallest absolute Gasteiger partial charge is 0.266 e. The van der Waals surface area contributed by atoms with Crippen molar-refractivity contribution < 1.29 is 9.21 Å². The van der Waals surface area contributed by atoms with Crippen LogP contribution in [0.3, 0.4) is 0 Å². The summed E-state index contributed by atoms with van der Waals surface area (Å²) < 4.78 is 5.72. The van der Waals surface area contributed by atoms with Crippen molar-refractivity contribution in [2.24, 2.45) is 0 Å². The van der Waals surface area contributed by atoms with E-state index in [0.717, 1.165) is 16.9 Å². The number of carbonyl (C=O) groups is 1. The molecule has 0 atom stereocenters. The molecule has 0 spiro atoms. The normalized spacial score (nSPS) is 11.0. The van der Waals surface area contributed by atoms with Crippen molar-refractivity contribution in [2.75, 3.05) is 5.32 Å². The van der Waals surface area contributed by atoms with Crippen LogP contribution in [0.4, 0.5) is 5.69 Å². The lowest BCUT2D eigenvalue weighted by Gasteiger charge is -2.08. The minimum atomic E-state index is -0.452. The zero-order valence-electron chi connectivity index (χ0n) is 14.8. The molecule has 1 amide bonds. The van der Waals surface area contributed by atoms with Gasteiger partial charge in [0.25, 0.3) is 5.91 Å². The van der Waals surface area contributed by atoms with E-state index in [2.05, 4.69) is 5.32 Å². The fourth-order valence-electron chi connectivity index (χ4n) is 2.50. The minimum absolute atomic E-state index is 0.00785. The van der Waals surface area contributed by atoms with Gasteiger partial charge in [0.05, 0.1) is 0 Å². The van der Waals surface area contributed by atoms with Crippen molar-refractivity contribution in [1.29, 1.82) is 5.26 Å². The fourth-order valence-corrected chi connectivity index (χ4v) is 3.30. The second kappa shape index (κ2) is 8.93. The fraction of sp³-hybridized carbons (Fsp3) is 0.0909. The number of aryl methyl sites for hydroxylation is 1. The summed E-state index contributed by atoms with van der Waals surface area (Å²) >= 11 is 1.48. The van der Waals surface area contributed by atoms with Crippen LogP contribution in [0, 0.1) is 11.3 Å². The van der Waals surface area contributed by atoms with E-state index >= 15 is 0 Å². The first-order valence-corrected chi connectivity index (χ1v) is 9.35. The monoisotopic (exact) mass is 374 g/mol. The van der Waals surface area contributed by atoms with E-state index in [-0.39, 0.29) is 5.57 Å². The quantitative estimate of drug-likeness (QED) is 0.454. The van der Waals surface area contributed by atoms with Crippen LogP contribution in [-0.2, 0) is 11.2 Å². The van der Waals surface area contributed by atoms with Crippen molar-refractivity contribution in [1.82, 2.24) is 0 Å². The Morgan fingerprint density at radius 3 is 2.59 bits per heavy atom. The maximum atomic E-state index is 12.5. The summed E-state index contributed by atoms with van der Waals surface area (Å²) in [5, 5.41) is 12.9. The molecule has 3 rings (SSSR count). The highest BCUT2D eigenvalue weighted by atomic mass is 32.2. The van der Waals surface area contributed by atoms with Crippen molar-refractivity contribution in [3.63, 3.8) is 0 Å². The molecule has 0 bridgehead atoms. The number of anilines is 1. The third-order valence-corrected chi connectivity index (χ3v) is 4.79. The molecular formula is C22H18N2O2S. The van der Waals surface area contributed by atoms with Gasteiger partial charge >= 0.3 is 0 Å². The van der Waals surface area contributed by atoms with Crippen molar-refractivity contribution in [3.8, 4) is 6.07 Å². The molecule has 1 heterocycles. The van der Waals surface area contributed by atoms with Crippen LogP contribution in [0.5, 0.6) is 0 Å². The van der Waals surface area contributed by atoms with Crippen LogP contribution in [0.25, 0.3) is 6.08 Å². The first-order valence-electron chi connectivity index (χ1n) is 8.53. The lowest BCUT2D eigenvalue weighted by Crippen LogP contribution is -2.14. The Morgan fingerprint density at radius 2 is 1.85 bits per heavy atom. The van der Waals surface area contributed by atoms with Crippen molar-refractivity contribution >= 4 is 29.4 Å². The lowest BCUT2D eigenvalue weighted by molar-refractivity contribution is -0.112. The Balaban J connectivity index is 1.74. The first kappa shape index (κ1) is 18.6. The predicted octanol–water partition coefficient (Wildman–Crippen LogP) is 5.54. The number of hydrogen-bond donors (Lipinski definition) is 1. The van der Waals surface area contributed by atoms with Gasteiger partial charge in [-0.25, -0.2) is 0 Å². The number of para-hydroxylation sites is 1. The molecule has 0 unspecified atom stereocenters. The summed E-state index contributed by atoms with van der Waals surface area (Å²) in [4.78, 5) is 13.5. The highest BCUT2D eigenvalue weighted by Gasteiger charge is 2.12. The molecule has 0 aliphatic heterocycles. The van der Waals surface area contributed by atoms with Gasteiger partial charge in [0, 0.05) is 16.7 Å². The highest BCUT2D eigenvalue weighted by Crippen LogP contribution is 2.29. The molecule has 1 aromatic heterocycles. The van der Waals surface area contributed by atoms with Crippen LogP contribution in [0.15, 0.2) is 86.7 Å². The summed E-state index contributed by atoms with van der Waals surface area (Å²) in [5.74, 6) is 0.0102. The molecule has 2 aromatic carbocycles. The van der Waals surface area contributed by atoms with Gasteiger partial charge in [-0.05, 0) is 42.3 Å². The van der Waals surface area contributed by atoms with Crippen molar-refractivity contribution in [3.05, 3.63) is 83.6 Å². The zero-order valence-corrected chi connectivity index (χ0v) is 15.6. The Hall–Kier alpha value is -3.23. The predicted molar refractivity (Wildman–Crippen MR) is 107 cm³/mol. The molecule has 0 saturated heterocycles. The van der Waals surface area contributed by atoms with Gasteiger partial charge in [0.1, 0.15) is 17.4 Å². The molecule has 1 N–H and O–H groups in total. The average molecular weight is 374 g/mol. The third kappa shape index (κ3) is 4.90. The number of nitrogens with one attached hydrogen (secondary N) is 1. The maximum Gasteiger partial charge on any atom is 0.266 e. The van der Waals surface area contributed by atoms with Crippen LogP contribution in [0.1, 0.15) is 18.2 Å². The van der Waals surface area contributed by atoms with Gasteiger partial charge in [-0.3, -0.25) is 4.79 Å². The highest BCUT2D eigenvalue weighted by molar-refractivity contribution is 7.99. The molecule has 3 aromatic rings. The van der Waals surface area contributed by atoms with E-state index in [4.69, 9.17) is 4.42 Å². The first-order chi connectivity index (χ1) is 13.2. The summed E-state index contributed by atoms with van der Waals surface area (Å²) in [5.41, 5.74) is 1.72. The lowest BCUT2D eigenvalue weighted by atomic mass is 10.1. The van der Waals surface area contributed by atoms with Gasteiger partial charge in [0.15, 0.2) is 5.09 Å². The van der Waals surface area contributed by atoms with E-state index < -0.39 is 5.91 Å². The molecule has 27 heavy (non-hydrogen) atoms. The van der Waals surface area contributed by atoms with E-state index in [1.54, 1.807) is 6.07 Å². The molecule has 0 radical (unpaired) electrons. The van der Waals surface area contributed by atoms with Gasteiger partial charge in [-0.1, -0.05) is 55.1 Å². The van der Waals surface area contributed by atoms with E-state index in [1.807, 2.05) is 73.7 Å². The van der Waals surface area contributed by atoms with Crippen molar-refractivity contribution in [2.45, 2.75) is 23.3 Å². The van der Waals surface area contributed by atoms with Crippen LogP contribution in [-0.4, -0.2) is 5.91 Å². The Kier molecular flexibility index (Phi) is 6.14. The van der Waals surface area contributed by atoms with Gasteiger partial charge < -0.3 is 9.73 Å². The van der Waals surface area contributed by atoms with Gasteiger partial charge in [-0.2, -0.15) is 5.26 Å². The molecule has 0 fully saturated rings. The Labute approximate surface area is 162 Å². The number of benzene rings is 2. The molecule has 4 nitrogen and oxygen atoms in total. The topological polar surface area (TPSA) is 66.0 Å². The number of hydrogen-bond acceptors (Lipinski definition) is 4. The largest absolute Gasteiger partial charge is 0.450 e. The maximum absolute atomic E-state index is 12.5. The molecule has 5 heteroatoms. The van der Waals surface area contributed by atoms with E-state index in [9.17, 15) is 10.1 Å². The molecule has 0 aliphatic carbocycles. The number of rotatable bonds is 6. The van der Waals surface area contributed by atoms with Crippen LogP contribution < -0.4 is 5.32 Å². The minimum Gasteiger partial charge on any atom is -0.450 e. The number of nitriles is 1. The summed E-state index contributed by atoms with van der Waals surface area (Å²) in [6, 6.07) is 22.9. The number of carbonyl (C=O) groups excluding carboxylic acids is 1. The zero-order chi connectivity index (χ0) is 19.1. The standard InChI is InChI=1S/C22H18N2O2S/c1-2-16-8-6-7-11-20(16)24-22(25)17(15-23)14-18-12-13-21(26-18)27-19-9-4-3-5-10-19/h3-14H,2H2,1H3,(H,24,25)/b17-14+. The number of amides is 1. The second-order valence-corrected chi connectivity index (χ2v) is 6.78. The van der Waals surface area contributed by atoms with Crippen LogP contribution >= 0.6 is 11.8 Å². The molecule has 134 valence electrons. The third-order valence-electron chi connectivity index (χ3n) is 3.86. The SMILES string of the molecule is CCc1ccccc1NC(=O)/C(C#N)=C/c1ccc(Sc2ccccc2)o1. The van der Waals surface area contributed by atoms with Gasteiger partial charge in [0.2, 0.25) is 0 Å². The molecule has 0 aliphatic rings. The summed E-state index contributed by atoms with van der Waals surface area (Å²) in [7, 11) is 0. The Morgan fingerprint density at radius 1 is 1.11 bits per heavy atom. The van der Waals surface area contributed by atoms with E-state index in [0.29, 0.717) is 16.5 Å². The summed E-state index contributed by atoms with van der Waals surface area (Å²) in [6.07, 6.45) is 2.25. The second-order valence-electron chi connectivity index (χ2n) is 5.71. The van der Waals surface area contributed by atoms with Gasteiger partial charge in [-0.15, -0.1) is 0 Å². The molecule has 0 saturated carbocycles. The average Bonchev–Trinajstić information content (AvgIpc) is 3.14. The summed E-state index contributed by atoms with van der Waals surface area (Å²) in [6.45, 7) is 2.01.